The second kappa shape index (κ2) is 5.48. The fraction of sp³-hybridized carbons (Fsp3) is 0.357. The molecule has 0 aliphatic rings. The number of hydrogen-bond acceptors (Lipinski definition) is 5. The number of anilines is 1. The third-order valence-corrected chi connectivity index (χ3v) is 4.04. The van der Waals surface area contributed by atoms with Crippen molar-refractivity contribution in [2.24, 2.45) is 0 Å². The molecule has 0 bridgehead atoms. The van der Waals surface area contributed by atoms with Crippen molar-refractivity contribution in [2.45, 2.75) is 20.3 Å². The molecule has 0 fully saturated rings. The van der Waals surface area contributed by atoms with Gasteiger partial charge >= 0.3 is 0 Å². The predicted molar refractivity (Wildman–Crippen MR) is 79.2 cm³/mol. The van der Waals surface area contributed by atoms with E-state index in [1.165, 1.54) is 11.3 Å². The van der Waals surface area contributed by atoms with Crippen LogP contribution in [0.2, 0.25) is 0 Å². The molecule has 4 nitrogen and oxygen atoms in total. The van der Waals surface area contributed by atoms with E-state index in [1.54, 1.807) is 14.2 Å². The number of nitrogens with zero attached hydrogens (tertiary/aromatic N) is 1. The van der Waals surface area contributed by atoms with Gasteiger partial charge in [-0.1, -0.05) is 6.92 Å². The van der Waals surface area contributed by atoms with Crippen LogP contribution in [-0.2, 0) is 6.42 Å². The number of rotatable bonds is 4. The number of ether oxygens (including phenoxy) is 2. The first-order valence-electron chi connectivity index (χ1n) is 6.08. The molecule has 0 aliphatic carbocycles. The number of nitrogens with two attached hydrogens (primary N) is 1. The summed E-state index contributed by atoms with van der Waals surface area (Å²) in [6.45, 7) is 4.08. The number of aryl methyl sites for hydroxylation is 2. The van der Waals surface area contributed by atoms with Crippen molar-refractivity contribution in [2.75, 3.05) is 20.0 Å². The molecule has 0 radical (unpaired) electrons. The SMILES string of the molecule is CCc1sc(N)nc1-c1cc(OC)c(C)cc1OC. The van der Waals surface area contributed by atoms with Gasteiger partial charge in [0, 0.05) is 10.4 Å². The molecule has 0 atom stereocenters. The van der Waals surface area contributed by atoms with Gasteiger partial charge in [0.25, 0.3) is 0 Å². The van der Waals surface area contributed by atoms with Crippen molar-refractivity contribution in [3.05, 3.63) is 22.6 Å². The van der Waals surface area contributed by atoms with Crippen LogP contribution in [0.15, 0.2) is 12.1 Å². The van der Waals surface area contributed by atoms with Gasteiger partial charge in [-0.3, -0.25) is 0 Å². The lowest BCUT2D eigenvalue weighted by atomic mass is 10.1. The molecule has 1 aromatic heterocycles. The van der Waals surface area contributed by atoms with E-state index in [9.17, 15) is 0 Å². The fourth-order valence-electron chi connectivity index (χ4n) is 2.06. The van der Waals surface area contributed by atoms with Gasteiger partial charge in [0.2, 0.25) is 0 Å². The Morgan fingerprint density at radius 2 is 1.89 bits per heavy atom. The van der Waals surface area contributed by atoms with E-state index in [-0.39, 0.29) is 0 Å². The summed E-state index contributed by atoms with van der Waals surface area (Å²) >= 11 is 1.52. The third-order valence-electron chi connectivity index (χ3n) is 3.01. The standard InChI is InChI=1S/C14H18N2O2S/c1-5-12-13(16-14(15)19-12)9-7-10(17-3)8(2)6-11(9)18-4/h6-7H,5H2,1-4H3,(H2,15,16). The Morgan fingerprint density at radius 3 is 2.47 bits per heavy atom. The van der Waals surface area contributed by atoms with E-state index in [0.717, 1.165) is 39.6 Å². The van der Waals surface area contributed by atoms with Crippen LogP contribution in [0.3, 0.4) is 0 Å². The van der Waals surface area contributed by atoms with E-state index in [2.05, 4.69) is 11.9 Å². The summed E-state index contributed by atoms with van der Waals surface area (Å²) in [6, 6.07) is 3.92. The van der Waals surface area contributed by atoms with E-state index in [1.807, 2.05) is 19.1 Å². The van der Waals surface area contributed by atoms with E-state index in [0.29, 0.717) is 5.13 Å². The highest BCUT2D eigenvalue weighted by Gasteiger charge is 2.17. The highest BCUT2D eigenvalue weighted by Crippen LogP contribution is 2.39. The van der Waals surface area contributed by atoms with Crippen LogP contribution >= 0.6 is 11.3 Å². The van der Waals surface area contributed by atoms with Crippen LogP contribution in [0.5, 0.6) is 11.5 Å². The van der Waals surface area contributed by atoms with Crippen LogP contribution in [0, 0.1) is 6.92 Å². The van der Waals surface area contributed by atoms with E-state index >= 15 is 0 Å². The van der Waals surface area contributed by atoms with Crippen molar-refractivity contribution in [1.82, 2.24) is 4.98 Å². The summed E-state index contributed by atoms with van der Waals surface area (Å²) in [5, 5.41) is 0.577. The highest BCUT2D eigenvalue weighted by atomic mass is 32.1. The summed E-state index contributed by atoms with van der Waals surface area (Å²) < 4.78 is 10.8. The van der Waals surface area contributed by atoms with Crippen LogP contribution in [-0.4, -0.2) is 19.2 Å². The first kappa shape index (κ1) is 13.7. The quantitative estimate of drug-likeness (QED) is 0.932. The Balaban J connectivity index is 2.65. The zero-order valence-corrected chi connectivity index (χ0v) is 12.4. The number of thiazole rings is 1. The first-order chi connectivity index (χ1) is 9.10. The third kappa shape index (κ3) is 2.51. The first-order valence-corrected chi connectivity index (χ1v) is 6.90. The number of benzene rings is 1. The second-order valence-electron chi connectivity index (χ2n) is 4.20. The van der Waals surface area contributed by atoms with Crippen LogP contribution in [0.4, 0.5) is 5.13 Å². The largest absolute Gasteiger partial charge is 0.496 e. The molecule has 1 aromatic carbocycles. The average Bonchev–Trinajstić information content (AvgIpc) is 2.79. The minimum Gasteiger partial charge on any atom is -0.496 e. The number of aromatic nitrogens is 1. The summed E-state index contributed by atoms with van der Waals surface area (Å²) in [6.07, 6.45) is 0.892. The Kier molecular flexibility index (Phi) is 3.95. The smallest absolute Gasteiger partial charge is 0.180 e. The van der Waals surface area contributed by atoms with Gasteiger partial charge in [0.15, 0.2) is 5.13 Å². The second-order valence-corrected chi connectivity index (χ2v) is 5.31. The molecule has 0 aliphatic heterocycles. The molecular formula is C14H18N2O2S. The number of nitrogen functional groups attached to an aromatic ring is 1. The summed E-state index contributed by atoms with van der Waals surface area (Å²) in [5.74, 6) is 1.61. The lowest BCUT2D eigenvalue weighted by Crippen LogP contribution is -1.95. The van der Waals surface area contributed by atoms with Gasteiger partial charge in [0.05, 0.1) is 19.9 Å². The monoisotopic (exact) mass is 278 g/mol. The molecule has 0 saturated heterocycles. The van der Waals surface area contributed by atoms with Crippen molar-refractivity contribution in [3.63, 3.8) is 0 Å². The summed E-state index contributed by atoms with van der Waals surface area (Å²) in [5.41, 5.74) is 8.67. The van der Waals surface area contributed by atoms with Gasteiger partial charge < -0.3 is 15.2 Å². The number of hydrogen-bond donors (Lipinski definition) is 1. The minimum atomic E-state index is 0.577. The zero-order valence-electron chi connectivity index (χ0n) is 11.6. The van der Waals surface area contributed by atoms with Crippen molar-refractivity contribution < 1.29 is 9.47 Å². The van der Waals surface area contributed by atoms with Crippen LogP contribution < -0.4 is 15.2 Å². The molecule has 0 amide bonds. The molecule has 5 heteroatoms. The predicted octanol–water partition coefficient (Wildman–Crippen LogP) is 3.28. The fourth-order valence-corrected chi connectivity index (χ4v) is 2.84. The Morgan fingerprint density at radius 1 is 1.21 bits per heavy atom. The Hall–Kier alpha value is -1.75. The van der Waals surface area contributed by atoms with Crippen molar-refractivity contribution >= 4 is 16.5 Å². The van der Waals surface area contributed by atoms with Gasteiger partial charge in [-0.15, -0.1) is 11.3 Å². The average molecular weight is 278 g/mol. The topological polar surface area (TPSA) is 57.4 Å². The molecule has 0 spiro atoms. The van der Waals surface area contributed by atoms with Gasteiger partial charge in [-0.2, -0.15) is 0 Å². The normalized spacial score (nSPS) is 10.5. The molecule has 2 rings (SSSR count). The summed E-state index contributed by atoms with van der Waals surface area (Å²) in [4.78, 5) is 5.58. The molecule has 102 valence electrons. The Bertz CT molecular complexity index is 593. The molecule has 1 heterocycles. The minimum absolute atomic E-state index is 0.577. The maximum Gasteiger partial charge on any atom is 0.180 e. The molecular weight excluding hydrogens is 260 g/mol. The highest BCUT2D eigenvalue weighted by molar-refractivity contribution is 7.15. The maximum absolute atomic E-state index is 5.82. The van der Waals surface area contributed by atoms with Gasteiger partial charge in [-0.25, -0.2) is 4.98 Å². The van der Waals surface area contributed by atoms with E-state index in [4.69, 9.17) is 15.2 Å². The molecule has 19 heavy (non-hydrogen) atoms. The van der Waals surface area contributed by atoms with Gasteiger partial charge in [0.1, 0.15) is 11.5 Å². The number of methoxy groups -OCH3 is 2. The Labute approximate surface area is 117 Å². The van der Waals surface area contributed by atoms with Crippen molar-refractivity contribution in [1.29, 1.82) is 0 Å². The summed E-state index contributed by atoms with van der Waals surface area (Å²) in [7, 11) is 3.32. The molecule has 2 N–H and O–H groups in total. The van der Waals surface area contributed by atoms with Crippen LogP contribution in [0.1, 0.15) is 17.4 Å². The lowest BCUT2D eigenvalue weighted by Gasteiger charge is -2.12. The lowest BCUT2D eigenvalue weighted by molar-refractivity contribution is 0.401. The van der Waals surface area contributed by atoms with Gasteiger partial charge in [-0.05, 0) is 31.0 Å². The van der Waals surface area contributed by atoms with Crippen molar-refractivity contribution in [3.8, 4) is 22.8 Å². The zero-order chi connectivity index (χ0) is 14.0. The maximum atomic E-state index is 5.82. The van der Waals surface area contributed by atoms with E-state index < -0.39 is 0 Å². The molecule has 2 aromatic rings. The van der Waals surface area contributed by atoms with Crippen LogP contribution in [0.25, 0.3) is 11.3 Å². The molecule has 0 saturated carbocycles. The molecule has 0 unspecified atom stereocenters.